The van der Waals surface area contributed by atoms with E-state index in [9.17, 15) is 5.11 Å². The van der Waals surface area contributed by atoms with Gasteiger partial charge in [-0.1, -0.05) is 41.5 Å². The van der Waals surface area contributed by atoms with Crippen LogP contribution in [0.1, 0.15) is 53.2 Å². The minimum absolute atomic E-state index is 0.00699. The van der Waals surface area contributed by atoms with Crippen molar-refractivity contribution in [2.75, 3.05) is 32.7 Å². The third-order valence-corrected chi connectivity index (χ3v) is 4.55. The molecule has 1 aromatic rings. The van der Waals surface area contributed by atoms with Crippen molar-refractivity contribution in [3.63, 3.8) is 0 Å². The Labute approximate surface area is 140 Å². The third kappa shape index (κ3) is 5.30. The van der Waals surface area contributed by atoms with Crippen LogP contribution in [0.5, 0.6) is 0 Å². The van der Waals surface area contributed by atoms with Gasteiger partial charge >= 0.3 is 0 Å². The molecule has 1 aliphatic heterocycles. The Kier molecular flexibility index (Phi) is 5.54. The van der Waals surface area contributed by atoms with Gasteiger partial charge in [0.15, 0.2) is 0 Å². The summed E-state index contributed by atoms with van der Waals surface area (Å²) in [5.41, 5.74) is -0.0500. The average molecular weight is 323 g/mol. The molecular weight excluding hydrogens is 290 g/mol. The second-order valence-electron chi connectivity index (χ2n) is 8.83. The molecule has 0 amide bonds. The predicted molar refractivity (Wildman–Crippen MR) is 92.4 cm³/mol. The first-order valence-electron chi connectivity index (χ1n) is 8.63. The molecule has 0 saturated carbocycles. The number of hydrogen-bond donors (Lipinski definition) is 1. The molecule has 0 spiro atoms. The van der Waals surface area contributed by atoms with Crippen LogP contribution in [0.3, 0.4) is 0 Å². The average Bonchev–Trinajstić information content (AvgIpc) is 2.88. The van der Waals surface area contributed by atoms with E-state index in [2.05, 4.69) is 56.3 Å². The lowest BCUT2D eigenvalue weighted by molar-refractivity contribution is 0.0116. The van der Waals surface area contributed by atoms with E-state index >= 15 is 0 Å². The normalized spacial score (nSPS) is 20.0. The minimum Gasteiger partial charge on any atom is -0.444 e. The van der Waals surface area contributed by atoms with Gasteiger partial charge in [0, 0.05) is 38.1 Å². The number of β-amino-alcohol motifs (C(OH)–C–C–N with tert-alkyl or cyclic N) is 1. The number of piperazine rings is 1. The van der Waals surface area contributed by atoms with Crippen molar-refractivity contribution >= 4 is 0 Å². The molecule has 23 heavy (non-hydrogen) atoms. The van der Waals surface area contributed by atoms with Crippen LogP contribution in [0.25, 0.3) is 0 Å². The first kappa shape index (κ1) is 18.4. The van der Waals surface area contributed by atoms with E-state index in [0.29, 0.717) is 0 Å². The van der Waals surface area contributed by atoms with E-state index in [0.717, 1.165) is 50.9 Å². The second-order valence-corrected chi connectivity index (χ2v) is 8.83. The Balaban J connectivity index is 1.80. The van der Waals surface area contributed by atoms with Crippen LogP contribution in [-0.2, 0) is 12.0 Å². The first-order chi connectivity index (χ1) is 10.6. The molecule has 5 heteroatoms. The van der Waals surface area contributed by atoms with Crippen molar-refractivity contribution in [1.29, 1.82) is 0 Å². The maximum atomic E-state index is 10.2. The Morgan fingerprint density at radius 2 is 1.65 bits per heavy atom. The molecule has 0 aromatic carbocycles. The Hall–Kier alpha value is -0.910. The standard InChI is InChI=1S/C18H33N3O2/c1-17(2,3)14(22)12-20-7-9-21(10-8-20)13-16-19-11-15(23-16)18(4,5)6/h11,14,22H,7-10,12-13H2,1-6H3/t14-/m1/s1. The van der Waals surface area contributed by atoms with Crippen molar-refractivity contribution in [1.82, 2.24) is 14.8 Å². The zero-order chi connectivity index (χ0) is 17.3. The highest BCUT2D eigenvalue weighted by Crippen LogP contribution is 2.23. The van der Waals surface area contributed by atoms with Crippen molar-refractivity contribution in [3.8, 4) is 0 Å². The fourth-order valence-electron chi connectivity index (χ4n) is 2.57. The summed E-state index contributed by atoms with van der Waals surface area (Å²) < 4.78 is 5.88. The summed E-state index contributed by atoms with van der Waals surface area (Å²) >= 11 is 0. The van der Waals surface area contributed by atoms with Crippen LogP contribution in [0.2, 0.25) is 0 Å². The van der Waals surface area contributed by atoms with Crippen LogP contribution in [0.15, 0.2) is 10.6 Å². The lowest BCUT2D eigenvalue weighted by Gasteiger charge is -2.37. The lowest BCUT2D eigenvalue weighted by Crippen LogP contribution is -2.49. The second kappa shape index (κ2) is 6.91. The SMILES string of the molecule is CC(C)(C)c1cnc(CN2CCN(C[C@@H](O)C(C)(C)C)CC2)o1. The molecule has 0 aliphatic carbocycles. The fraction of sp³-hybridized carbons (Fsp3) is 0.833. The molecule has 132 valence electrons. The van der Waals surface area contributed by atoms with E-state index in [1.807, 2.05) is 6.20 Å². The van der Waals surface area contributed by atoms with Crippen LogP contribution in [0.4, 0.5) is 0 Å². The van der Waals surface area contributed by atoms with Crippen molar-refractivity contribution in [2.24, 2.45) is 5.41 Å². The topological polar surface area (TPSA) is 52.7 Å². The zero-order valence-corrected chi connectivity index (χ0v) is 15.6. The van der Waals surface area contributed by atoms with E-state index in [4.69, 9.17) is 4.42 Å². The van der Waals surface area contributed by atoms with Gasteiger partial charge in [0.25, 0.3) is 0 Å². The maximum absolute atomic E-state index is 10.2. The molecule has 2 heterocycles. The molecule has 1 atom stereocenters. The van der Waals surface area contributed by atoms with Crippen LogP contribution < -0.4 is 0 Å². The van der Waals surface area contributed by atoms with E-state index in [-0.39, 0.29) is 16.9 Å². The summed E-state index contributed by atoms with van der Waals surface area (Å²) in [6, 6.07) is 0. The van der Waals surface area contributed by atoms with E-state index in [1.165, 1.54) is 0 Å². The smallest absolute Gasteiger partial charge is 0.208 e. The number of rotatable bonds is 4. The molecule has 1 aliphatic rings. The summed E-state index contributed by atoms with van der Waals surface area (Å²) in [6.45, 7) is 18.1. The number of nitrogens with zero attached hydrogens (tertiary/aromatic N) is 3. The molecule has 1 aromatic heterocycles. The van der Waals surface area contributed by atoms with Gasteiger partial charge in [-0.15, -0.1) is 0 Å². The predicted octanol–water partition coefficient (Wildman–Crippen LogP) is 2.50. The largest absolute Gasteiger partial charge is 0.444 e. The molecule has 0 bridgehead atoms. The molecule has 0 radical (unpaired) electrons. The summed E-state index contributed by atoms with van der Waals surface area (Å²) in [5, 5.41) is 10.2. The highest BCUT2D eigenvalue weighted by molar-refractivity contribution is 5.06. The van der Waals surface area contributed by atoms with Crippen molar-refractivity contribution in [3.05, 3.63) is 17.8 Å². The van der Waals surface area contributed by atoms with Gasteiger partial charge in [-0.2, -0.15) is 0 Å². The van der Waals surface area contributed by atoms with Crippen molar-refractivity contribution < 1.29 is 9.52 Å². The van der Waals surface area contributed by atoms with E-state index < -0.39 is 0 Å². The Morgan fingerprint density at radius 1 is 1.09 bits per heavy atom. The molecule has 1 saturated heterocycles. The summed E-state index contributed by atoms with van der Waals surface area (Å²) in [6.07, 6.45) is 1.57. The first-order valence-corrected chi connectivity index (χ1v) is 8.63. The fourth-order valence-corrected chi connectivity index (χ4v) is 2.57. The Bertz CT molecular complexity index is 491. The molecular formula is C18H33N3O2. The highest BCUT2D eigenvalue weighted by atomic mass is 16.4. The molecule has 0 unspecified atom stereocenters. The van der Waals surface area contributed by atoms with Crippen LogP contribution in [0, 0.1) is 5.41 Å². The van der Waals surface area contributed by atoms with Gasteiger partial charge in [0.1, 0.15) is 5.76 Å². The van der Waals surface area contributed by atoms with Gasteiger partial charge in [-0.3, -0.25) is 9.80 Å². The molecule has 1 N–H and O–H groups in total. The van der Waals surface area contributed by atoms with Crippen molar-refractivity contribution in [2.45, 2.75) is 59.6 Å². The van der Waals surface area contributed by atoms with Gasteiger partial charge in [-0.05, 0) is 5.41 Å². The van der Waals surface area contributed by atoms with Crippen LogP contribution in [-0.4, -0.2) is 58.7 Å². The molecule has 5 nitrogen and oxygen atoms in total. The van der Waals surface area contributed by atoms with Gasteiger partial charge in [-0.25, -0.2) is 4.98 Å². The maximum Gasteiger partial charge on any atom is 0.208 e. The summed E-state index contributed by atoms with van der Waals surface area (Å²) in [5.74, 6) is 1.75. The number of aromatic nitrogens is 1. The zero-order valence-electron chi connectivity index (χ0n) is 15.6. The third-order valence-electron chi connectivity index (χ3n) is 4.55. The molecule has 2 rings (SSSR count). The number of aliphatic hydroxyl groups is 1. The quantitative estimate of drug-likeness (QED) is 0.922. The van der Waals surface area contributed by atoms with Gasteiger partial charge < -0.3 is 9.52 Å². The lowest BCUT2D eigenvalue weighted by atomic mass is 9.89. The summed E-state index contributed by atoms with van der Waals surface area (Å²) in [7, 11) is 0. The number of oxazole rings is 1. The number of aliphatic hydroxyl groups excluding tert-OH is 1. The highest BCUT2D eigenvalue weighted by Gasteiger charge is 2.27. The summed E-state index contributed by atoms with van der Waals surface area (Å²) in [4.78, 5) is 9.14. The van der Waals surface area contributed by atoms with Gasteiger partial charge in [0.2, 0.25) is 5.89 Å². The monoisotopic (exact) mass is 323 g/mol. The van der Waals surface area contributed by atoms with E-state index in [1.54, 1.807) is 0 Å². The number of hydrogen-bond acceptors (Lipinski definition) is 5. The minimum atomic E-state index is -0.282. The van der Waals surface area contributed by atoms with Crippen LogP contribution >= 0.6 is 0 Å². The molecule has 1 fully saturated rings. The Morgan fingerprint density at radius 3 is 2.13 bits per heavy atom. The van der Waals surface area contributed by atoms with Gasteiger partial charge in [0.05, 0.1) is 18.8 Å².